The second kappa shape index (κ2) is 8.76. The number of nitrogens with one attached hydrogen (secondary N) is 1. The van der Waals surface area contributed by atoms with Crippen LogP contribution in [0.4, 0.5) is 5.13 Å². The third-order valence-electron chi connectivity index (χ3n) is 4.69. The minimum absolute atomic E-state index is 0.135. The first-order valence-electron chi connectivity index (χ1n) is 9.45. The van der Waals surface area contributed by atoms with Crippen LogP contribution in [0.2, 0.25) is 0 Å². The lowest BCUT2D eigenvalue weighted by atomic mass is 10.2. The molecule has 4 aromatic rings. The van der Waals surface area contributed by atoms with Gasteiger partial charge in [-0.2, -0.15) is 4.98 Å². The van der Waals surface area contributed by atoms with Crippen LogP contribution in [-0.2, 0) is 17.8 Å². The van der Waals surface area contributed by atoms with Gasteiger partial charge in [0.25, 0.3) is 0 Å². The Kier molecular flexibility index (Phi) is 5.91. The highest BCUT2D eigenvalue weighted by atomic mass is 32.1. The maximum absolute atomic E-state index is 12.3. The van der Waals surface area contributed by atoms with Gasteiger partial charge in [-0.05, 0) is 31.4 Å². The second-order valence-electron chi connectivity index (χ2n) is 6.76. The van der Waals surface area contributed by atoms with Crippen molar-refractivity contribution in [3.05, 3.63) is 58.9 Å². The third kappa shape index (κ3) is 4.27. The molecule has 0 saturated heterocycles. The first-order chi connectivity index (χ1) is 14.5. The molecule has 0 radical (unpaired) electrons. The van der Waals surface area contributed by atoms with E-state index in [-0.39, 0.29) is 12.3 Å². The molecule has 1 N–H and O–H groups in total. The zero-order valence-electron chi connectivity index (χ0n) is 16.7. The van der Waals surface area contributed by atoms with Crippen LogP contribution in [0, 0.1) is 13.8 Å². The molecule has 4 aromatic heterocycles. The van der Waals surface area contributed by atoms with Gasteiger partial charge < -0.3 is 14.4 Å². The Labute approximate surface area is 182 Å². The van der Waals surface area contributed by atoms with Crippen LogP contribution in [0.15, 0.2) is 46.1 Å². The van der Waals surface area contributed by atoms with Gasteiger partial charge >= 0.3 is 0 Å². The molecule has 4 rings (SSSR count). The molecule has 0 bridgehead atoms. The molecule has 0 atom stereocenters. The lowest BCUT2D eigenvalue weighted by Gasteiger charge is -2.05. The van der Waals surface area contributed by atoms with Crippen molar-refractivity contribution in [1.29, 1.82) is 0 Å². The quantitative estimate of drug-likeness (QED) is 0.386. The predicted octanol–water partition coefficient (Wildman–Crippen LogP) is 5.10. The molecule has 0 spiro atoms. The number of thiophene rings is 1. The minimum atomic E-state index is -0.135. The monoisotopic (exact) mass is 439 g/mol. The fraction of sp³-hybridized carbons (Fsp3) is 0.238. The number of carbonyl (C=O) groups is 1. The van der Waals surface area contributed by atoms with E-state index in [0.29, 0.717) is 23.3 Å². The molecule has 0 aromatic carbocycles. The van der Waals surface area contributed by atoms with E-state index in [0.717, 1.165) is 34.1 Å². The minimum Gasteiger partial charge on any atom is -0.345 e. The summed E-state index contributed by atoms with van der Waals surface area (Å²) in [7, 11) is 0. The predicted molar refractivity (Wildman–Crippen MR) is 120 cm³/mol. The number of hydrogen-bond acceptors (Lipinski definition) is 7. The third-order valence-corrected chi connectivity index (χ3v) is 6.31. The highest BCUT2D eigenvalue weighted by Crippen LogP contribution is 2.30. The number of carbonyl (C=O) groups excluding carboxylic acids is 1. The fourth-order valence-corrected chi connectivity index (χ4v) is 4.57. The number of amides is 1. The summed E-state index contributed by atoms with van der Waals surface area (Å²) < 4.78 is 7.43. The summed E-state index contributed by atoms with van der Waals surface area (Å²) in [6.45, 7) is 8.71. The maximum Gasteiger partial charge on any atom is 0.227 e. The molecule has 0 saturated carbocycles. The number of thiazole rings is 1. The van der Waals surface area contributed by atoms with Crippen molar-refractivity contribution >= 4 is 33.7 Å². The summed E-state index contributed by atoms with van der Waals surface area (Å²) in [6.07, 6.45) is 2.50. The van der Waals surface area contributed by atoms with Gasteiger partial charge in [-0.25, -0.2) is 4.98 Å². The fourth-order valence-electron chi connectivity index (χ4n) is 3.19. The van der Waals surface area contributed by atoms with Crippen molar-refractivity contribution in [2.75, 3.05) is 5.32 Å². The number of rotatable bonds is 8. The molecule has 0 aliphatic heterocycles. The molecule has 154 valence electrons. The van der Waals surface area contributed by atoms with E-state index in [9.17, 15) is 4.79 Å². The molecule has 0 fully saturated rings. The Morgan fingerprint density at radius 2 is 2.20 bits per heavy atom. The van der Waals surface area contributed by atoms with E-state index in [4.69, 9.17) is 4.52 Å². The average Bonchev–Trinajstić information content (AvgIpc) is 3.51. The summed E-state index contributed by atoms with van der Waals surface area (Å²) in [5.41, 5.74) is 4.21. The largest absolute Gasteiger partial charge is 0.345 e. The van der Waals surface area contributed by atoms with Crippen molar-refractivity contribution in [3.63, 3.8) is 0 Å². The summed E-state index contributed by atoms with van der Waals surface area (Å²) in [4.78, 5) is 22.2. The van der Waals surface area contributed by atoms with Crippen molar-refractivity contribution in [1.82, 2.24) is 19.7 Å². The number of anilines is 1. The van der Waals surface area contributed by atoms with Crippen molar-refractivity contribution in [2.24, 2.45) is 0 Å². The SMILES string of the molecule is C=CCn1c(C)cc(-c2csc(NC(=O)CCc3nc(-c4cccs4)no3)n2)c1C. The van der Waals surface area contributed by atoms with Gasteiger partial charge in [-0.3, -0.25) is 4.79 Å². The standard InChI is InChI=1S/C21H21N5O2S2/c1-4-9-26-13(2)11-15(14(26)3)16-12-30-21(22-16)23-18(27)7-8-19-24-20(25-28-19)17-6-5-10-29-17/h4-6,10-12H,1,7-9H2,2-3H3,(H,22,23,27). The smallest absolute Gasteiger partial charge is 0.227 e. The first kappa shape index (κ1) is 20.2. The lowest BCUT2D eigenvalue weighted by molar-refractivity contribution is -0.116. The number of aromatic nitrogens is 4. The maximum atomic E-state index is 12.3. The number of nitrogens with zero attached hydrogens (tertiary/aromatic N) is 4. The van der Waals surface area contributed by atoms with Gasteiger partial charge in [0.05, 0.1) is 10.6 Å². The van der Waals surface area contributed by atoms with Crippen molar-refractivity contribution < 1.29 is 9.32 Å². The van der Waals surface area contributed by atoms with Gasteiger partial charge in [0.1, 0.15) is 0 Å². The van der Waals surface area contributed by atoms with E-state index in [2.05, 4.69) is 51.5 Å². The normalized spacial score (nSPS) is 11.0. The molecule has 30 heavy (non-hydrogen) atoms. The van der Waals surface area contributed by atoms with Crippen LogP contribution in [0.25, 0.3) is 22.0 Å². The zero-order chi connectivity index (χ0) is 21.1. The second-order valence-corrected chi connectivity index (χ2v) is 8.56. The Morgan fingerprint density at radius 1 is 1.33 bits per heavy atom. The van der Waals surface area contributed by atoms with Crippen LogP contribution in [0.5, 0.6) is 0 Å². The molecule has 7 nitrogen and oxygen atoms in total. The number of aryl methyl sites for hydroxylation is 2. The molecule has 9 heteroatoms. The van der Waals surface area contributed by atoms with Crippen LogP contribution in [-0.4, -0.2) is 25.6 Å². The summed E-state index contributed by atoms with van der Waals surface area (Å²) in [5, 5.41) is 11.3. The Balaban J connectivity index is 1.36. The molecule has 0 unspecified atom stereocenters. The molecule has 0 aliphatic rings. The van der Waals surface area contributed by atoms with Crippen LogP contribution >= 0.6 is 22.7 Å². The van der Waals surface area contributed by atoms with Crippen LogP contribution in [0.3, 0.4) is 0 Å². The van der Waals surface area contributed by atoms with Gasteiger partial charge in [0.2, 0.25) is 17.6 Å². The van der Waals surface area contributed by atoms with Gasteiger partial charge in [-0.15, -0.1) is 29.3 Å². The molecular weight excluding hydrogens is 418 g/mol. The van der Waals surface area contributed by atoms with Gasteiger partial charge in [-0.1, -0.05) is 17.3 Å². The Bertz CT molecular complexity index is 1170. The first-order valence-corrected chi connectivity index (χ1v) is 11.2. The Hall–Kier alpha value is -3.04. The van der Waals surface area contributed by atoms with Crippen LogP contribution in [0.1, 0.15) is 23.7 Å². The Morgan fingerprint density at radius 3 is 2.97 bits per heavy atom. The molecular formula is C21H21N5O2S2. The van der Waals surface area contributed by atoms with E-state index >= 15 is 0 Å². The average molecular weight is 440 g/mol. The summed E-state index contributed by atoms with van der Waals surface area (Å²) in [5.74, 6) is 0.867. The van der Waals surface area contributed by atoms with E-state index in [1.54, 1.807) is 11.3 Å². The number of hydrogen-bond donors (Lipinski definition) is 1. The lowest BCUT2D eigenvalue weighted by Crippen LogP contribution is -2.12. The highest BCUT2D eigenvalue weighted by Gasteiger charge is 2.15. The highest BCUT2D eigenvalue weighted by molar-refractivity contribution is 7.14. The van der Waals surface area contributed by atoms with Crippen LogP contribution < -0.4 is 5.32 Å². The van der Waals surface area contributed by atoms with Gasteiger partial charge in [0, 0.05) is 41.7 Å². The van der Waals surface area contributed by atoms with Crippen molar-refractivity contribution in [3.8, 4) is 22.0 Å². The zero-order valence-corrected chi connectivity index (χ0v) is 18.3. The molecule has 0 aliphatic carbocycles. The topological polar surface area (TPSA) is 85.8 Å². The summed E-state index contributed by atoms with van der Waals surface area (Å²) >= 11 is 2.96. The number of allylic oxidation sites excluding steroid dienone is 1. The van der Waals surface area contributed by atoms with Gasteiger partial charge in [0.15, 0.2) is 5.13 Å². The molecule has 1 amide bonds. The van der Waals surface area contributed by atoms with E-state index in [1.165, 1.54) is 11.3 Å². The summed E-state index contributed by atoms with van der Waals surface area (Å²) in [6, 6.07) is 5.98. The van der Waals surface area contributed by atoms with E-state index in [1.807, 2.05) is 29.0 Å². The van der Waals surface area contributed by atoms with Crippen molar-refractivity contribution in [2.45, 2.75) is 33.2 Å². The molecule has 4 heterocycles. The van der Waals surface area contributed by atoms with E-state index < -0.39 is 0 Å².